The van der Waals surface area contributed by atoms with E-state index < -0.39 is 5.97 Å². The fourth-order valence-corrected chi connectivity index (χ4v) is 1.42. The second kappa shape index (κ2) is 6.67. The number of nitrogen functional groups attached to an aromatic ring is 1. The number of hydrogen-bond donors (Lipinski definition) is 1. The second-order valence-corrected chi connectivity index (χ2v) is 4.38. The molecule has 0 aromatic carbocycles. The van der Waals surface area contributed by atoms with Crippen LogP contribution in [0.2, 0.25) is 0 Å². The number of rotatable bonds is 2. The van der Waals surface area contributed by atoms with Crippen LogP contribution in [0.4, 0.5) is 5.82 Å². The largest absolute Gasteiger partial charge is 0.465 e. The monoisotopic (exact) mass is 264 g/mol. The van der Waals surface area contributed by atoms with Crippen LogP contribution in [0, 0.1) is 11.8 Å². The minimum atomic E-state index is -0.497. The van der Waals surface area contributed by atoms with Crippen LogP contribution in [-0.4, -0.2) is 28.9 Å². The molecule has 1 rings (SSSR count). The predicted molar refractivity (Wildman–Crippen MR) is 70.0 cm³/mol. The van der Waals surface area contributed by atoms with Crippen molar-refractivity contribution < 1.29 is 14.3 Å². The Bertz CT molecular complexity index is 532. The SMILES string of the molecule is COC(=O)c1cnc(N)c(C#CCSC(C)=O)c1. The Balaban J connectivity index is 2.87. The third kappa shape index (κ3) is 4.11. The number of ether oxygens (including phenoxy) is 1. The number of carbonyl (C=O) groups excluding carboxylic acids is 2. The van der Waals surface area contributed by atoms with Gasteiger partial charge in [-0.2, -0.15) is 0 Å². The van der Waals surface area contributed by atoms with Gasteiger partial charge in [-0.05, 0) is 6.07 Å². The summed E-state index contributed by atoms with van der Waals surface area (Å²) in [5, 5.41) is -0.00120. The Morgan fingerprint density at radius 2 is 2.28 bits per heavy atom. The number of nitrogens with zero attached hydrogens (tertiary/aromatic N) is 1. The number of pyridine rings is 1. The number of carbonyl (C=O) groups is 2. The molecule has 0 saturated heterocycles. The van der Waals surface area contributed by atoms with Crippen LogP contribution < -0.4 is 5.73 Å². The van der Waals surface area contributed by atoms with Crippen molar-refractivity contribution in [3.05, 3.63) is 23.4 Å². The molecule has 5 nitrogen and oxygen atoms in total. The maximum absolute atomic E-state index is 11.3. The molecule has 0 radical (unpaired) electrons. The summed E-state index contributed by atoms with van der Waals surface area (Å²) >= 11 is 1.11. The van der Waals surface area contributed by atoms with Crippen LogP contribution >= 0.6 is 11.8 Å². The van der Waals surface area contributed by atoms with E-state index >= 15 is 0 Å². The molecule has 0 bridgehead atoms. The number of esters is 1. The summed E-state index contributed by atoms with van der Waals surface area (Å²) in [6.45, 7) is 1.47. The molecule has 0 aliphatic carbocycles. The van der Waals surface area contributed by atoms with Gasteiger partial charge in [0.2, 0.25) is 0 Å². The molecular weight excluding hydrogens is 252 g/mol. The Kier molecular flexibility index (Phi) is 5.21. The average Bonchev–Trinajstić information content (AvgIpc) is 2.35. The van der Waals surface area contributed by atoms with E-state index in [0.717, 1.165) is 11.8 Å². The number of anilines is 1. The van der Waals surface area contributed by atoms with E-state index in [4.69, 9.17) is 5.73 Å². The Morgan fingerprint density at radius 3 is 2.89 bits per heavy atom. The number of aromatic nitrogens is 1. The minimum Gasteiger partial charge on any atom is -0.465 e. The summed E-state index contributed by atoms with van der Waals surface area (Å²) < 4.78 is 4.57. The number of methoxy groups -OCH3 is 1. The highest BCUT2D eigenvalue weighted by Crippen LogP contribution is 2.10. The van der Waals surface area contributed by atoms with Crippen molar-refractivity contribution in [2.24, 2.45) is 0 Å². The number of nitrogens with two attached hydrogens (primary N) is 1. The Hall–Kier alpha value is -2.00. The fraction of sp³-hybridized carbons (Fsp3) is 0.250. The molecule has 1 aromatic heterocycles. The first-order valence-electron chi connectivity index (χ1n) is 5.00. The van der Waals surface area contributed by atoms with Crippen molar-refractivity contribution in [2.75, 3.05) is 18.6 Å². The van der Waals surface area contributed by atoms with Gasteiger partial charge in [-0.3, -0.25) is 4.79 Å². The predicted octanol–water partition coefficient (Wildman–Crippen LogP) is 1.08. The molecule has 2 N–H and O–H groups in total. The molecule has 1 heterocycles. The van der Waals surface area contributed by atoms with E-state index in [1.807, 2.05) is 0 Å². The molecule has 0 atom stereocenters. The van der Waals surface area contributed by atoms with Gasteiger partial charge < -0.3 is 10.5 Å². The highest BCUT2D eigenvalue weighted by molar-refractivity contribution is 8.13. The molecular formula is C12H12N2O3S. The molecule has 6 heteroatoms. The minimum absolute atomic E-state index is 0.00120. The van der Waals surface area contributed by atoms with Crippen LogP contribution in [0.5, 0.6) is 0 Å². The van der Waals surface area contributed by atoms with Crippen LogP contribution in [0.25, 0.3) is 0 Å². The van der Waals surface area contributed by atoms with Crippen molar-refractivity contribution in [2.45, 2.75) is 6.92 Å². The van der Waals surface area contributed by atoms with Gasteiger partial charge in [-0.1, -0.05) is 23.6 Å². The zero-order valence-electron chi connectivity index (χ0n) is 10.0. The number of hydrogen-bond acceptors (Lipinski definition) is 6. The van der Waals surface area contributed by atoms with E-state index in [0.29, 0.717) is 11.3 Å². The standard InChI is InChI=1S/C12H12N2O3S/c1-8(15)18-5-3-4-9-6-10(12(16)17-2)7-14-11(9)13/h6-7H,5H2,1-2H3,(H2,13,14). The van der Waals surface area contributed by atoms with Gasteiger partial charge in [0.1, 0.15) is 5.82 Å². The smallest absolute Gasteiger partial charge is 0.339 e. The first kappa shape index (κ1) is 14.1. The lowest BCUT2D eigenvalue weighted by atomic mass is 10.2. The topological polar surface area (TPSA) is 82.3 Å². The third-order valence-electron chi connectivity index (χ3n) is 1.91. The first-order valence-corrected chi connectivity index (χ1v) is 5.99. The van der Waals surface area contributed by atoms with Gasteiger partial charge in [0.25, 0.3) is 0 Å². The van der Waals surface area contributed by atoms with E-state index in [9.17, 15) is 9.59 Å². The lowest BCUT2D eigenvalue weighted by Crippen LogP contribution is -2.04. The van der Waals surface area contributed by atoms with Crippen LogP contribution in [-0.2, 0) is 9.53 Å². The van der Waals surface area contributed by atoms with Gasteiger partial charge in [-0.25, -0.2) is 9.78 Å². The van der Waals surface area contributed by atoms with Gasteiger partial charge >= 0.3 is 5.97 Å². The van der Waals surface area contributed by atoms with Crippen molar-refractivity contribution >= 4 is 28.7 Å². The first-order chi connectivity index (χ1) is 8.54. The normalized spacial score (nSPS) is 9.22. The summed E-state index contributed by atoms with van der Waals surface area (Å²) in [5.74, 6) is 5.66. The van der Waals surface area contributed by atoms with Crippen LogP contribution in [0.1, 0.15) is 22.8 Å². The second-order valence-electron chi connectivity index (χ2n) is 3.23. The van der Waals surface area contributed by atoms with E-state index in [1.54, 1.807) is 0 Å². The molecule has 0 fully saturated rings. The highest BCUT2D eigenvalue weighted by Gasteiger charge is 2.08. The summed E-state index contributed by atoms with van der Waals surface area (Å²) in [7, 11) is 1.29. The quantitative estimate of drug-likeness (QED) is 0.636. The van der Waals surface area contributed by atoms with Gasteiger partial charge in [0.05, 0.1) is 24.0 Å². The summed E-state index contributed by atoms with van der Waals surface area (Å²) in [6.07, 6.45) is 1.33. The zero-order valence-corrected chi connectivity index (χ0v) is 10.8. The molecule has 0 aliphatic rings. The Labute approximate surface area is 109 Å². The lowest BCUT2D eigenvalue weighted by Gasteiger charge is -2.01. The molecule has 0 saturated carbocycles. The zero-order chi connectivity index (χ0) is 13.5. The summed E-state index contributed by atoms with van der Waals surface area (Å²) in [6, 6.07) is 1.51. The van der Waals surface area contributed by atoms with E-state index in [-0.39, 0.29) is 16.5 Å². The van der Waals surface area contributed by atoms with E-state index in [1.165, 1.54) is 26.3 Å². The van der Waals surface area contributed by atoms with Crippen LogP contribution in [0.3, 0.4) is 0 Å². The third-order valence-corrected chi connectivity index (χ3v) is 2.61. The van der Waals surface area contributed by atoms with Crippen LogP contribution in [0.15, 0.2) is 12.3 Å². The summed E-state index contributed by atoms with van der Waals surface area (Å²) in [4.78, 5) is 25.9. The number of thioether (sulfide) groups is 1. The maximum atomic E-state index is 11.3. The summed E-state index contributed by atoms with van der Waals surface area (Å²) in [5.41, 5.74) is 6.37. The molecule has 1 aromatic rings. The lowest BCUT2D eigenvalue weighted by molar-refractivity contribution is -0.109. The fourth-order valence-electron chi connectivity index (χ4n) is 1.07. The van der Waals surface area contributed by atoms with Crippen molar-refractivity contribution in [3.8, 4) is 11.8 Å². The maximum Gasteiger partial charge on any atom is 0.339 e. The van der Waals surface area contributed by atoms with Crippen molar-refractivity contribution in [1.82, 2.24) is 4.98 Å². The Morgan fingerprint density at radius 1 is 1.56 bits per heavy atom. The highest BCUT2D eigenvalue weighted by atomic mass is 32.2. The average molecular weight is 264 g/mol. The van der Waals surface area contributed by atoms with Gasteiger partial charge in [0, 0.05) is 13.1 Å². The molecule has 0 spiro atoms. The van der Waals surface area contributed by atoms with E-state index in [2.05, 4.69) is 21.6 Å². The molecule has 94 valence electrons. The van der Waals surface area contributed by atoms with Crippen molar-refractivity contribution in [1.29, 1.82) is 0 Å². The molecule has 0 amide bonds. The van der Waals surface area contributed by atoms with Crippen molar-refractivity contribution in [3.63, 3.8) is 0 Å². The molecule has 18 heavy (non-hydrogen) atoms. The molecule has 0 aliphatic heterocycles. The van der Waals surface area contributed by atoms with Gasteiger partial charge in [0.15, 0.2) is 5.12 Å². The van der Waals surface area contributed by atoms with Gasteiger partial charge in [-0.15, -0.1) is 0 Å². The molecule has 0 unspecified atom stereocenters.